The van der Waals surface area contributed by atoms with Gasteiger partial charge < -0.3 is 19.5 Å². The molecule has 0 saturated carbocycles. The van der Waals surface area contributed by atoms with Crippen LogP contribution in [0.2, 0.25) is 0 Å². The van der Waals surface area contributed by atoms with Gasteiger partial charge >= 0.3 is 0 Å². The Bertz CT molecular complexity index is 1120. The summed E-state index contributed by atoms with van der Waals surface area (Å²) in [4.78, 5) is 12.1. The molecule has 0 aromatic heterocycles. The minimum Gasteiger partial charge on any atom is -0.487 e. The van der Waals surface area contributed by atoms with Gasteiger partial charge in [-0.15, -0.1) is 0 Å². The normalized spacial score (nSPS) is 12.1. The Morgan fingerprint density at radius 3 is 2.56 bits per heavy atom. The van der Waals surface area contributed by atoms with E-state index in [1.54, 1.807) is 18.3 Å². The zero-order valence-electron chi connectivity index (χ0n) is 16.8. The fourth-order valence-corrected chi connectivity index (χ4v) is 4.38. The van der Waals surface area contributed by atoms with Crippen LogP contribution in [-0.4, -0.2) is 25.5 Å². The fraction of sp³-hybridized carbons (Fsp3) is 0.130. The number of halogens is 2. The van der Waals surface area contributed by atoms with E-state index in [-0.39, 0.29) is 19.2 Å². The molecule has 0 aliphatic carbocycles. The monoisotopic (exact) mass is 559 g/mol. The molecule has 0 unspecified atom stereocenters. The van der Waals surface area contributed by atoms with Crippen molar-refractivity contribution in [3.8, 4) is 17.2 Å². The van der Waals surface area contributed by atoms with Gasteiger partial charge in [0.25, 0.3) is 5.91 Å². The predicted molar refractivity (Wildman–Crippen MR) is 129 cm³/mol. The highest BCUT2D eigenvalue weighted by Gasteiger charge is 2.13. The quantitative estimate of drug-likeness (QED) is 0.296. The first kappa shape index (κ1) is 22.2. The first-order valence-corrected chi connectivity index (χ1v) is 11.3. The highest BCUT2D eigenvalue weighted by Crippen LogP contribution is 2.35. The summed E-state index contributed by atoms with van der Waals surface area (Å²) < 4.78 is 18.1. The zero-order valence-corrected chi connectivity index (χ0v) is 20.0. The van der Waals surface area contributed by atoms with Crippen molar-refractivity contribution < 1.29 is 19.0 Å². The van der Waals surface area contributed by atoms with Crippen molar-refractivity contribution in [2.75, 3.05) is 18.7 Å². The average molecular weight is 561 g/mol. The van der Waals surface area contributed by atoms with Gasteiger partial charge in [0.05, 0.1) is 21.7 Å². The molecule has 1 amide bonds. The highest BCUT2D eigenvalue weighted by molar-refractivity contribution is 9.11. The van der Waals surface area contributed by atoms with Crippen molar-refractivity contribution in [1.82, 2.24) is 5.43 Å². The van der Waals surface area contributed by atoms with E-state index >= 15 is 0 Å². The van der Waals surface area contributed by atoms with Gasteiger partial charge in [-0.1, -0.05) is 30.3 Å². The summed E-state index contributed by atoms with van der Waals surface area (Å²) in [6.07, 6.45) is 1.56. The molecule has 0 atom stereocenters. The summed E-state index contributed by atoms with van der Waals surface area (Å²) in [5.74, 6) is 1.77. The fourth-order valence-electron chi connectivity index (χ4n) is 2.93. The lowest BCUT2D eigenvalue weighted by atomic mass is 10.2. The Balaban J connectivity index is 1.28. The number of hydrazone groups is 1. The Morgan fingerprint density at radius 1 is 1.03 bits per heavy atom. The molecule has 0 radical (unpaired) electrons. The van der Waals surface area contributed by atoms with Crippen LogP contribution in [0.5, 0.6) is 17.2 Å². The second-order valence-electron chi connectivity index (χ2n) is 6.80. The van der Waals surface area contributed by atoms with Crippen LogP contribution in [0, 0.1) is 0 Å². The predicted octanol–water partition coefficient (Wildman–Crippen LogP) is 5.08. The number of anilines is 1. The van der Waals surface area contributed by atoms with Crippen molar-refractivity contribution in [3.63, 3.8) is 0 Å². The minimum atomic E-state index is -0.278. The number of benzene rings is 3. The number of carbonyl (C=O) groups excluding carboxylic acids is 1. The topological polar surface area (TPSA) is 81.2 Å². The van der Waals surface area contributed by atoms with Crippen LogP contribution in [0.4, 0.5) is 5.69 Å². The molecule has 1 aliphatic rings. The van der Waals surface area contributed by atoms with E-state index in [0.717, 1.165) is 25.8 Å². The van der Waals surface area contributed by atoms with Crippen molar-refractivity contribution >= 4 is 49.7 Å². The minimum absolute atomic E-state index is 0.0661. The largest absolute Gasteiger partial charge is 0.487 e. The maximum Gasteiger partial charge on any atom is 0.259 e. The van der Waals surface area contributed by atoms with Crippen molar-refractivity contribution in [2.24, 2.45) is 5.10 Å². The number of rotatable bonds is 8. The third-order valence-electron chi connectivity index (χ3n) is 4.48. The van der Waals surface area contributed by atoms with E-state index in [2.05, 4.69) is 47.7 Å². The molecule has 1 aliphatic heterocycles. The van der Waals surface area contributed by atoms with Crippen LogP contribution in [0.3, 0.4) is 0 Å². The van der Waals surface area contributed by atoms with Gasteiger partial charge in [0.1, 0.15) is 12.4 Å². The molecule has 4 rings (SSSR count). The Hall–Kier alpha value is -3.04. The lowest BCUT2D eigenvalue weighted by Gasteiger charge is -2.11. The molecule has 2 N–H and O–H groups in total. The summed E-state index contributed by atoms with van der Waals surface area (Å²) >= 11 is 7.06. The molecule has 0 spiro atoms. The van der Waals surface area contributed by atoms with Crippen LogP contribution in [0.25, 0.3) is 0 Å². The molecule has 164 valence electrons. The highest BCUT2D eigenvalue weighted by atomic mass is 79.9. The van der Waals surface area contributed by atoms with Crippen LogP contribution < -0.4 is 25.0 Å². The summed E-state index contributed by atoms with van der Waals surface area (Å²) in [6.45, 7) is 0.731. The lowest BCUT2D eigenvalue weighted by Crippen LogP contribution is -2.25. The van der Waals surface area contributed by atoms with Gasteiger partial charge in [-0.25, -0.2) is 5.43 Å². The van der Waals surface area contributed by atoms with Crippen LogP contribution >= 0.6 is 31.9 Å². The zero-order chi connectivity index (χ0) is 22.3. The van der Waals surface area contributed by atoms with Gasteiger partial charge in [-0.2, -0.15) is 5.10 Å². The van der Waals surface area contributed by atoms with Crippen LogP contribution in [0.15, 0.2) is 74.7 Å². The SMILES string of the molecule is O=C(CNc1ccc2c(c1)OCO2)N/N=C\c1cc(Br)c(OCc2ccccc2)c(Br)c1. The number of carbonyl (C=O) groups is 1. The first-order chi connectivity index (χ1) is 15.6. The Kier molecular flexibility index (Phi) is 7.28. The molecule has 7 nitrogen and oxygen atoms in total. The van der Waals surface area contributed by atoms with E-state index in [0.29, 0.717) is 23.9 Å². The smallest absolute Gasteiger partial charge is 0.259 e. The van der Waals surface area contributed by atoms with Crippen LogP contribution in [-0.2, 0) is 11.4 Å². The number of hydrogen-bond donors (Lipinski definition) is 2. The summed E-state index contributed by atoms with van der Waals surface area (Å²) in [6, 6.07) is 19.1. The van der Waals surface area contributed by atoms with Gasteiger partial charge in [0, 0.05) is 11.8 Å². The van der Waals surface area contributed by atoms with Gasteiger partial charge in [0.15, 0.2) is 11.5 Å². The van der Waals surface area contributed by atoms with E-state index in [1.165, 1.54) is 0 Å². The Morgan fingerprint density at radius 2 is 1.78 bits per heavy atom. The third kappa shape index (κ3) is 5.80. The molecule has 32 heavy (non-hydrogen) atoms. The summed E-state index contributed by atoms with van der Waals surface area (Å²) in [5, 5.41) is 7.05. The van der Waals surface area contributed by atoms with Gasteiger partial charge in [-0.05, 0) is 67.3 Å². The maximum absolute atomic E-state index is 12.1. The molecular weight excluding hydrogens is 542 g/mol. The molecule has 0 bridgehead atoms. The number of hydrogen-bond acceptors (Lipinski definition) is 6. The summed E-state index contributed by atoms with van der Waals surface area (Å²) in [7, 11) is 0. The molecule has 0 saturated heterocycles. The van der Waals surface area contributed by atoms with Crippen molar-refractivity contribution in [2.45, 2.75) is 6.61 Å². The molecule has 3 aromatic rings. The van der Waals surface area contributed by atoms with E-state index in [4.69, 9.17) is 14.2 Å². The van der Waals surface area contributed by atoms with E-state index in [1.807, 2.05) is 48.5 Å². The number of fused-ring (bicyclic) bond motifs is 1. The maximum atomic E-state index is 12.1. The number of nitrogens with zero attached hydrogens (tertiary/aromatic N) is 1. The molecule has 3 aromatic carbocycles. The van der Waals surface area contributed by atoms with E-state index in [9.17, 15) is 4.79 Å². The van der Waals surface area contributed by atoms with E-state index < -0.39 is 0 Å². The third-order valence-corrected chi connectivity index (χ3v) is 5.65. The molecule has 9 heteroatoms. The first-order valence-electron chi connectivity index (χ1n) is 9.70. The van der Waals surface area contributed by atoms with Crippen molar-refractivity contribution in [3.05, 3.63) is 80.7 Å². The second-order valence-corrected chi connectivity index (χ2v) is 8.51. The standard InChI is InChI=1S/C23H19Br2N3O4/c24-18-8-16(9-19(25)23(18)30-13-15-4-2-1-3-5-15)11-27-28-22(29)12-26-17-6-7-20-21(10-17)32-14-31-20/h1-11,26H,12-14H2,(H,28,29)/b27-11-. The number of ether oxygens (including phenoxy) is 3. The number of amides is 1. The van der Waals surface area contributed by atoms with Crippen molar-refractivity contribution in [1.29, 1.82) is 0 Å². The molecule has 0 fully saturated rings. The van der Waals surface area contributed by atoms with Gasteiger partial charge in [0.2, 0.25) is 6.79 Å². The van der Waals surface area contributed by atoms with Gasteiger partial charge in [-0.3, -0.25) is 4.79 Å². The summed E-state index contributed by atoms with van der Waals surface area (Å²) in [5.41, 5.74) is 5.13. The second kappa shape index (κ2) is 10.5. The molecule has 1 heterocycles. The molecular formula is C23H19Br2N3O4. The van der Waals surface area contributed by atoms with Crippen LogP contribution in [0.1, 0.15) is 11.1 Å². The number of nitrogens with one attached hydrogen (secondary N) is 2. The lowest BCUT2D eigenvalue weighted by molar-refractivity contribution is -0.119. The average Bonchev–Trinajstić information content (AvgIpc) is 3.26. The Labute approximate surface area is 202 Å².